The summed E-state index contributed by atoms with van der Waals surface area (Å²) in [7, 11) is -2.70. The fourth-order valence-corrected chi connectivity index (χ4v) is 1.99. The largest absolute Gasteiger partial charge is 0.508 e. The zero-order chi connectivity index (χ0) is 13.1. The summed E-state index contributed by atoms with van der Waals surface area (Å²) < 4.78 is 21.7. The number of hydrogen-bond acceptors (Lipinski definition) is 4. The Hall–Kier alpha value is -2.14. The van der Waals surface area contributed by atoms with Crippen LogP contribution < -0.4 is 0 Å². The highest BCUT2D eigenvalue weighted by Crippen LogP contribution is 2.15. The molecular formula is C13H10O4S. The summed E-state index contributed by atoms with van der Waals surface area (Å²) in [5.41, 5.74) is 0.698. The Balaban J connectivity index is 2.39. The first-order valence-electron chi connectivity index (χ1n) is 5.16. The van der Waals surface area contributed by atoms with Gasteiger partial charge < -0.3 is 5.11 Å². The first-order valence-corrected chi connectivity index (χ1v) is 6.34. The van der Waals surface area contributed by atoms with Crippen molar-refractivity contribution in [2.24, 2.45) is 0 Å². The third-order valence-electron chi connectivity index (χ3n) is 2.45. The summed E-state index contributed by atoms with van der Waals surface area (Å²) in [6.07, 6.45) is 0. The van der Waals surface area contributed by atoms with Gasteiger partial charge in [-0.1, -0.05) is 12.1 Å². The van der Waals surface area contributed by atoms with E-state index in [0.29, 0.717) is 11.1 Å². The molecule has 2 aromatic carbocycles. The minimum atomic E-state index is -2.70. The van der Waals surface area contributed by atoms with Crippen LogP contribution >= 0.6 is 0 Å². The zero-order valence-electron chi connectivity index (χ0n) is 9.24. The van der Waals surface area contributed by atoms with Gasteiger partial charge in [-0.2, -0.15) is 0 Å². The quantitative estimate of drug-likeness (QED) is 0.651. The molecule has 92 valence electrons. The van der Waals surface area contributed by atoms with Crippen LogP contribution in [0.4, 0.5) is 0 Å². The highest BCUT2D eigenvalue weighted by atomic mass is 32.2. The molecule has 0 aliphatic carbocycles. The number of benzene rings is 2. The molecule has 2 aromatic rings. The van der Waals surface area contributed by atoms with Crippen LogP contribution in [-0.2, 0) is 10.7 Å². The Labute approximate surface area is 105 Å². The topological polar surface area (TPSA) is 71.4 Å². The number of ketones is 1. The van der Waals surface area contributed by atoms with Gasteiger partial charge >= 0.3 is 0 Å². The van der Waals surface area contributed by atoms with Crippen LogP contribution in [0.25, 0.3) is 0 Å². The lowest BCUT2D eigenvalue weighted by molar-refractivity contribution is 0.103. The number of rotatable bonds is 3. The Morgan fingerprint density at radius 2 is 1.61 bits per heavy atom. The monoisotopic (exact) mass is 262 g/mol. The average molecular weight is 262 g/mol. The van der Waals surface area contributed by atoms with E-state index in [9.17, 15) is 13.2 Å². The molecule has 1 N–H and O–H groups in total. The predicted molar refractivity (Wildman–Crippen MR) is 66.6 cm³/mol. The van der Waals surface area contributed by atoms with Gasteiger partial charge in [0.1, 0.15) is 5.75 Å². The van der Waals surface area contributed by atoms with Crippen molar-refractivity contribution in [2.75, 3.05) is 0 Å². The highest BCUT2D eigenvalue weighted by Gasteiger charge is 2.09. The molecule has 0 heterocycles. The molecule has 0 aliphatic rings. The summed E-state index contributed by atoms with van der Waals surface area (Å²) in [6.45, 7) is 0. The molecule has 0 bridgehead atoms. The molecule has 0 radical (unpaired) electrons. The van der Waals surface area contributed by atoms with Gasteiger partial charge in [0.15, 0.2) is 16.5 Å². The Kier molecular flexibility index (Phi) is 3.43. The van der Waals surface area contributed by atoms with Crippen molar-refractivity contribution >= 4 is 16.5 Å². The number of carbonyl (C=O) groups excluding carboxylic acids is 1. The molecule has 0 aromatic heterocycles. The maximum absolute atomic E-state index is 12.1. The number of thiol groups is 1. The van der Waals surface area contributed by atoms with Gasteiger partial charge in [0.05, 0.1) is 4.90 Å². The lowest BCUT2D eigenvalue weighted by Gasteiger charge is -2.02. The van der Waals surface area contributed by atoms with Gasteiger partial charge in [0, 0.05) is 11.1 Å². The molecule has 0 unspecified atom stereocenters. The Morgan fingerprint density at radius 1 is 0.944 bits per heavy atom. The van der Waals surface area contributed by atoms with E-state index in [1.165, 1.54) is 42.5 Å². The first-order chi connectivity index (χ1) is 8.58. The minimum Gasteiger partial charge on any atom is -0.508 e. The summed E-state index contributed by atoms with van der Waals surface area (Å²) in [4.78, 5) is 12.2. The van der Waals surface area contributed by atoms with Crippen LogP contribution in [-0.4, -0.2) is 19.3 Å². The molecule has 2 rings (SSSR count). The maximum atomic E-state index is 12.1. The third kappa shape index (κ3) is 2.57. The predicted octanol–water partition coefficient (Wildman–Crippen LogP) is 1.59. The van der Waals surface area contributed by atoms with Crippen molar-refractivity contribution in [1.29, 1.82) is 0 Å². The minimum absolute atomic E-state index is 0.0722. The van der Waals surface area contributed by atoms with Crippen molar-refractivity contribution in [1.82, 2.24) is 0 Å². The van der Waals surface area contributed by atoms with Crippen molar-refractivity contribution in [2.45, 2.75) is 4.90 Å². The van der Waals surface area contributed by atoms with Crippen molar-refractivity contribution < 1.29 is 18.3 Å². The van der Waals surface area contributed by atoms with Crippen molar-refractivity contribution in [3.8, 4) is 5.75 Å². The van der Waals surface area contributed by atoms with E-state index in [4.69, 9.17) is 5.11 Å². The zero-order valence-corrected chi connectivity index (χ0v) is 10.1. The number of aromatic hydroxyl groups is 1. The number of hydrogen-bond donors (Lipinski definition) is 2. The average Bonchev–Trinajstić information content (AvgIpc) is 2.39. The van der Waals surface area contributed by atoms with Crippen LogP contribution in [0.1, 0.15) is 15.9 Å². The number of phenolic OH excluding ortho intramolecular Hbond substituents is 1. The van der Waals surface area contributed by atoms with Crippen molar-refractivity contribution in [3.05, 3.63) is 59.7 Å². The summed E-state index contributed by atoms with van der Waals surface area (Å²) >= 11 is 0. The highest BCUT2D eigenvalue weighted by molar-refractivity contribution is 7.72. The molecule has 0 spiro atoms. The van der Waals surface area contributed by atoms with Gasteiger partial charge in [-0.15, -0.1) is 0 Å². The Morgan fingerprint density at radius 3 is 2.22 bits per heavy atom. The van der Waals surface area contributed by atoms with Crippen LogP contribution in [0.2, 0.25) is 0 Å². The number of carbonyl (C=O) groups is 1. The molecule has 0 amide bonds. The lowest BCUT2D eigenvalue weighted by atomic mass is 10.0. The van der Waals surface area contributed by atoms with E-state index in [2.05, 4.69) is 0 Å². The summed E-state index contributed by atoms with van der Waals surface area (Å²) in [5, 5.41) is 9.13. The summed E-state index contributed by atoms with van der Waals surface area (Å²) in [6, 6.07) is 11.6. The summed E-state index contributed by atoms with van der Waals surface area (Å²) in [5.74, 6) is -0.211. The van der Waals surface area contributed by atoms with E-state index >= 15 is 0 Å². The van der Waals surface area contributed by atoms with E-state index < -0.39 is 10.7 Å². The fraction of sp³-hybridized carbons (Fsp3) is 0. The first kappa shape index (κ1) is 12.3. The Bertz CT molecular complexity index is 649. The van der Waals surface area contributed by atoms with Gasteiger partial charge in [-0.25, -0.2) is 8.42 Å². The molecule has 5 heteroatoms. The molecule has 0 saturated heterocycles. The van der Waals surface area contributed by atoms with Crippen LogP contribution in [0.3, 0.4) is 0 Å². The van der Waals surface area contributed by atoms with E-state index in [1.54, 1.807) is 6.07 Å². The molecule has 4 nitrogen and oxygen atoms in total. The smallest absolute Gasteiger partial charge is 0.193 e. The maximum Gasteiger partial charge on any atom is 0.193 e. The van der Waals surface area contributed by atoms with Gasteiger partial charge in [0.25, 0.3) is 0 Å². The molecule has 0 saturated carbocycles. The third-order valence-corrected chi connectivity index (χ3v) is 3.15. The SMILES string of the molecule is O=C(c1ccc(O)cc1)c1cccc([SH](=O)=O)c1. The second-order valence-corrected chi connectivity index (χ2v) is 4.71. The number of phenols is 1. The molecule has 0 aliphatic heterocycles. The van der Waals surface area contributed by atoms with E-state index in [1.807, 2.05) is 0 Å². The normalized spacial score (nSPS) is 10.5. The van der Waals surface area contributed by atoms with Crippen LogP contribution in [0, 0.1) is 0 Å². The van der Waals surface area contributed by atoms with Crippen molar-refractivity contribution in [3.63, 3.8) is 0 Å². The second-order valence-electron chi connectivity index (χ2n) is 3.68. The van der Waals surface area contributed by atoms with Gasteiger partial charge in [0.2, 0.25) is 0 Å². The van der Waals surface area contributed by atoms with E-state index in [-0.39, 0.29) is 16.4 Å². The molecule has 0 atom stereocenters. The van der Waals surface area contributed by atoms with Gasteiger partial charge in [-0.3, -0.25) is 4.79 Å². The van der Waals surface area contributed by atoms with Crippen LogP contribution in [0.5, 0.6) is 5.75 Å². The second kappa shape index (κ2) is 5.01. The molecule has 0 fully saturated rings. The lowest BCUT2D eigenvalue weighted by Crippen LogP contribution is -2.01. The van der Waals surface area contributed by atoms with E-state index in [0.717, 1.165) is 0 Å². The molecular weight excluding hydrogens is 252 g/mol. The standard InChI is InChI=1S/C13H10O4S/c14-11-6-4-9(5-7-11)13(15)10-2-1-3-12(8-10)18(16)17/h1-8,14,18H. The fourth-order valence-electron chi connectivity index (χ4n) is 1.54. The van der Waals surface area contributed by atoms with Gasteiger partial charge in [-0.05, 0) is 36.4 Å². The molecule has 18 heavy (non-hydrogen) atoms. The van der Waals surface area contributed by atoms with Crippen LogP contribution in [0.15, 0.2) is 53.4 Å².